The monoisotopic (exact) mass is 275 g/mol. The van der Waals surface area contributed by atoms with Crippen molar-refractivity contribution in [1.29, 1.82) is 0 Å². The van der Waals surface area contributed by atoms with Gasteiger partial charge in [0.15, 0.2) is 0 Å². The second-order valence-electron chi connectivity index (χ2n) is 4.65. The predicted molar refractivity (Wildman–Crippen MR) is 78.0 cm³/mol. The second-order valence-corrected chi connectivity index (χ2v) is 5.85. The summed E-state index contributed by atoms with van der Waals surface area (Å²) in [6, 6.07) is 8.04. The van der Waals surface area contributed by atoms with Gasteiger partial charge in [-0.15, -0.1) is 11.3 Å². The van der Waals surface area contributed by atoms with Gasteiger partial charge in [-0.05, 0) is 24.8 Å². The summed E-state index contributed by atoms with van der Waals surface area (Å²) in [6.45, 7) is 6.17. The molecule has 0 aliphatic rings. The minimum Gasteiger partial charge on any atom is -0.477 e. The summed E-state index contributed by atoms with van der Waals surface area (Å²) in [5.74, 6) is -0.392. The maximum absolute atomic E-state index is 11.2. The third kappa shape index (κ3) is 2.84. The van der Waals surface area contributed by atoms with E-state index in [1.165, 1.54) is 16.9 Å². The van der Waals surface area contributed by atoms with Crippen molar-refractivity contribution in [2.75, 3.05) is 0 Å². The lowest BCUT2D eigenvalue weighted by molar-refractivity contribution is 0.0702. The van der Waals surface area contributed by atoms with Gasteiger partial charge in [0, 0.05) is 5.56 Å². The molecule has 4 heteroatoms. The minimum absolute atomic E-state index is 0.314. The smallest absolute Gasteiger partial charge is 0.348 e. The van der Waals surface area contributed by atoms with E-state index >= 15 is 0 Å². The first-order valence-corrected chi connectivity index (χ1v) is 7.15. The van der Waals surface area contributed by atoms with Gasteiger partial charge in [0.25, 0.3) is 0 Å². The van der Waals surface area contributed by atoms with Gasteiger partial charge >= 0.3 is 5.97 Å². The van der Waals surface area contributed by atoms with E-state index in [0.29, 0.717) is 16.5 Å². The van der Waals surface area contributed by atoms with Crippen LogP contribution < -0.4 is 0 Å². The number of aromatic nitrogens is 1. The van der Waals surface area contributed by atoms with Gasteiger partial charge in [0.1, 0.15) is 4.88 Å². The Bertz CT molecular complexity index is 587. The summed E-state index contributed by atoms with van der Waals surface area (Å²) in [5, 5.41) is 9.97. The summed E-state index contributed by atoms with van der Waals surface area (Å²) in [6.07, 6.45) is 1.09. The van der Waals surface area contributed by atoms with Crippen LogP contribution >= 0.6 is 11.3 Å². The molecule has 0 radical (unpaired) electrons. The van der Waals surface area contributed by atoms with Crippen molar-refractivity contribution in [1.82, 2.24) is 4.98 Å². The Labute approximate surface area is 116 Å². The van der Waals surface area contributed by atoms with Crippen LogP contribution in [0.4, 0.5) is 0 Å². The van der Waals surface area contributed by atoms with Crippen LogP contribution in [-0.4, -0.2) is 16.1 Å². The molecule has 1 heterocycles. The molecule has 0 aliphatic heterocycles. The first-order valence-electron chi connectivity index (χ1n) is 6.34. The minimum atomic E-state index is -0.911. The zero-order valence-corrected chi connectivity index (χ0v) is 12.1. The molecule has 2 aromatic rings. The molecule has 3 nitrogen and oxygen atoms in total. The van der Waals surface area contributed by atoms with Crippen LogP contribution in [0.15, 0.2) is 24.3 Å². The van der Waals surface area contributed by atoms with Crippen molar-refractivity contribution in [3.05, 3.63) is 39.7 Å². The molecule has 100 valence electrons. The lowest BCUT2D eigenvalue weighted by Gasteiger charge is -2.09. The quantitative estimate of drug-likeness (QED) is 0.903. The number of nitrogens with zero attached hydrogens (tertiary/aromatic N) is 1. The predicted octanol–water partition coefficient (Wildman–Crippen LogP) is 4.33. The molecular weight excluding hydrogens is 258 g/mol. The number of rotatable bonds is 4. The molecule has 2 rings (SSSR count). The van der Waals surface area contributed by atoms with Crippen molar-refractivity contribution >= 4 is 17.3 Å². The molecule has 19 heavy (non-hydrogen) atoms. The van der Waals surface area contributed by atoms with Crippen LogP contribution in [0, 0.1) is 6.92 Å². The fourth-order valence-electron chi connectivity index (χ4n) is 1.97. The molecule has 0 bridgehead atoms. The van der Waals surface area contributed by atoms with E-state index in [9.17, 15) is 9.90 Å². The van der Waals surface area contributed by atoms with Crippen molar-refractivity contribution in [3.63, 3.8) is 0 Å². The van der Waals surface area contributed by atoms with Gasteiger partial charge in [-0.3, -0.25) is 0 Å². The highest BCUT2D eigenvalue weighted by Crippen LogP contribution is 2.29. The molecule has 1 atom stereocenters. The number of carbonyl (C=O) groups is 1. The molecule has 0 spiro atoms. The average Bonchev–Trinajstić information content (AvgIpc) is 2.80. The van der Waals surface area contributed by atoms with Gasteiger partial charge in [0.05, 0.1) is 10.7 Å². The van der Waals surface area contributed by atoms with Crippen LogP contribution in [0.2, 0.25) is 0 Å². The van der Waals surface area contributed by atoms with Crippen molar-refractivity contribution in [2.45, 2.75) is 33.1 Å². The summed E-state index contributed by atoms with van der Waals surface area (Å²) in [4.78, 5) is 15.8. The van der Waals surface area contributed by atoms with Crippen molar-refractivity contribution in [3.8, 4) is 11.3 Å². The largest absolute Gasteiger partial charge is 0.477 e. The topological polar surface area (TPSA) is 50.2 Å². The third-order valence-electron chi connectivity index (χ3n) is 3.29. The summed E-state index contributed by atoms with van der Waals surface area (Å²) in [5.41, 5.74) is 2.72. The number of hydrogen-bond acceptors (Lipinski definition) is 3. The zero-order chi connectivity index (χ0) is 14.0. The Hall–Kier alpha value is -1.68. The van der Waals surface area contributed by atoms with E-state index < -0.39 is 5.97 Å². The average molecular weight is 275 g/mol. The molecule has 1 aromatic carbocycles. The van der Waals surface area contributed by atoms with Gasteiger partial charge in [-0.2, -0.15) is 0 Å². The lowest BCUT2D eigenvalue weighted by atomic mass is 9.97. The summed E-state index contributed by atoms with van der Waals surface area (Å²) in [7, 11) is 0. The molecule has 0 saturated carbocycles. The Balaban J connectivity index is 2.40. The number of aromatic carboxylic acids is 1. The number of carboxylic acids is 1. The number of benzene rings is 1. The fourth-order valence-corrected chi connectivity index (χ4v) is 2.75. The van der Waals surface area contributed by atoms with E-state index in [1.807, 2.05) is 19.1 Å². The summed E-state index contributed by atoms with van der Waals surface area (Å²) >= 11 is 1.22. The van der Waals surface area contributed by atoms with Crippen LogP contribution in [0.5, 0.6) is 0 Å². The summed E-state index contributed by atoms with van der Waals surface area (Å²) < 4.78 is 0. The van der Waals surface area contributed by atoms with Crippen molar-refractivity contribution in [2.24, 2.45) is 0 Å². The molecule has 0 fully saturated rings. The molecule has 1 aromatic heterocycles. The Morgan fingerprint density at radius 2 is 2.00 bits per heavy atom. The molecular formula is C15H17NO2S. The van der Waals surface area contributed by atoms with E-state index in [-0.39, 0.29) is 0 Å². The van der Waals surface area contributed by atoms with Crippen molar-refractivity contribution < 1.29 is 9.90 Å². The van der Waals surface area contributed by atoms with E-state index in [1.54, 1.807) is 0 Å². The van der Waals surface area contributed by atoms with Gasteiger partial charge in [-0.1, -0.05) is 38.1 Å². The molecule has 0 amide bonds. The van der Waals surface area contributed by atoms with Crippen LogP contribution in [0.1, 0.15) is 46.4 Å². The highest BCUT2D eigenvalue weighted by Gasteiger charge is 2.17. The fraction of sp³-hybridized carbons (Fsp3) is 0.333. The molecule has 1 N–H and O–H groups in total. The Morgan fingerprint density at radius 1 is 1.37 bits per heavy atom. The third-order valence-corrected chi connectivity index (χ3v) is 4.25. The van der Waals surface area contributed by atoms with E-state index in [4.69, 9.17) is 0 Å². The molecule has 0 aliphatic carbocycles. The first kappa shape index (κ1) is 13.7. The Morgan fingerprint density at radius 3 is 2.53 bits per heavy atom. The second kappa shape index (κ2) is 5.53. The molecule has 1 unspecified atom stereocenters. The zero-order valence-electron chi connectivity index (χ0n) is 11.3. The highest BCUT2D eigenvalue weighted by atomic mass is 32.1. The lowest BCUT2D eigenvalue weighted by Crippen LogP contribution is -1.96. The van der Waals surface area contributed by atoms with Gasteiger partial charge in [-0.25, -0.2) is 9.78 Å². The van der Waals surface area contributed by atoms with Crippen LogP contribution in [0.25, 0.3) is 11.3 Å². The maximum Gasteiger partial charge on any atom is 0.348 e. The standard InChI is InChI=1S/C15H17NO2S/c1-4-9(2)11-5-7-12(8-6-11)13-14(15(17)18)19-10(3)16-13/h5-9H,4H2,1-3H3,(H,17,18). The highest BCUT2D eigenvalue weighted by molar-refractivity contribution is 7.14. The number of thiazole rings is 1. The van der Waals surface area contributed by atoms with Crippen LogP contribution in [0.3, 0.4) is 0 Å². The Kier molecular flexibility index (Phi) is 4.00. The SMILES string of the molecule is CCC(C)c1ccc(-c2nc(C)sc2C(=O)O)cc1. The number of hydrogen-bond donors (Lipinski definition) is 1. The number of carboxylic acid groups (broad SMARTS) is 1. The van der Waals surface area contributed by atoms with Gasteiger partial charge in [0.2, 0.25) is 0 Å². The molecule has 0 saturated heterocycles. The van der Waals surface area contributed by atoms with Gasteiger partial charge < -0.3 is 5.11 Å². The first-order chi connectivity index (χ1) is 9.02. The normalized spacial score (nSPS) is 12.4. The van der Waals surface area contributed by atoms with Crippen LogP contribution in [-0.2, 0) is 0 Å². The maximum atomic E-state index is 11.2. The van der Waals surface area contributed by atoms with E-state index in [0.717, 1.165) is 17.0 Å². The van der Waals surface area contributed by atoms with E-state index in [2.05, 4.69) is 31.0 Å². The number of aryl methyl sites for hydroxylation is 1.